The van der Waals surface area contributed by atoms with Crippen molar-refractivity contribution in [3.63, 3.8) is 0 Å². The van der Waals surface area contributed by atoms with Gasteiger partial charge in [0.1, 0.15) is 5.03 Å². The molecule has 3 aromatic rings. The molecule has 0 bridgehead atoms. The highest BCUT2D eigenvalue weighted by molar-refractivity contribution is 9.10. The molecule has 3 nitrogen and oxygen atoms in total. The fourth-order valence-electron chi connectivity index (χ4n) is 3.28. The summed E-state index contributed by atoms with van der Waals surface area (Å²) in [5.74, 6) is 0.895. The molecule has 1 saturated heterocycles. The zero-order valence-corrected chi connectivity index (χ0v) is 17.5. The first-order valence-electron chi connectivity index (χ1n) is 9.34. The predicted molar refractivity (Wildman–Crippen MR) is 117 cm³/mol. The average Bonchev–Trinajstić information content (AvgIpc) is 2.75. The Bertz CT molecular complexity index is 858. The second-order valence-corrected chi connectivity index (χ2v) is 8.68. The van der Waals surface area contributed by atoms with E-state index in [2.05, 4.69) is 91.7 Å². The van der Waals surface area contributed by atoms with Gasteiger partial charge in [-0.15, -0.1) is 10.2 Å². The summed E-state index contributed by atoms with van der Waals surface area (Å²) in [6.07, 6.45) is 3.95. The number of hydrogen-bond acceptors (Lipinski definition) is 4. The van der Waals surface area contributed by atoms with Crippen molar-refractivity contribution >= 4 is 33.4 Å². The third-order valence-electron chi connectivity index (χ3n) is 4.82. The molecule has 2 heterocycles. The maximum Gasteiger partial charge on any atom is 0.119 e. The number of anilines is 1. The molecule has 0 aliphatic carbocycles. The highest BCUT2D eigenvalue weighted by atomic mass is 79.9. The van der Waals surface area contributed by atoms with Gasteiger partial charge in [0.2, 0.25) is 0 Å². The molecule has 1 aliphatic heterocycles. The molecule has 5 heteroatoms. The number of benzene rings is 2. The van der Waals surface area contributed by atoms with Crippen LogP contribution in [0.3, 0.4) is 0 Å². The topological polar surface area (TPSA) is 29.0 Å². The van der Waals surface area contributed by atoms with Crippen LogP contribution in [-0.4, -0.2) is 23.3 Å². The number of thioether (sulfide) groups is 1. The molecule has 0 amide bonds. The first-order chi connectivity index (χ1) is 13.3. The number of hydrogen-bond donors (Lipinski definition) is 0. The molecule has 0 spiro atoms. The molecule has 0 radical (unpaired) electrons. The minimum Gasteiger partial charge on any atom is -0.372 e. The first kappa shape index (κ1) is 18.5. The van der Waals surface area contributed by atoms with Crippen molar-refractivity contribution in [1.29, 1.82) is 0 Å². The molecule has 27 heavy (non-hydrogen) atoms. The van der Waals surface area contributed by atoms with Gasteiger partial charge in [0, 0.05) is 34.6 Å². The largest absolute Gasteiger partial charge is 0.372 e. The fourth-order valence-corrected chi connectivity index (χ4v) is 4.32. The summed E-state index contributed by atoms with van der Waals surface area (Å²) in [4.78, 5) is 2.47. The molecule has 1 aliphatic rings. The van der Waals surface area contributed by atoms with Gasteiger partial charge in [0.25, 0.3) is 0 Å². The van der Waals surface area contributed by atoms with Gasteiger partial charge in [-0.2, -0.15) is 0 Å². The summed E-state index contributed by atoms with van der Waals surface area (Å²) in [6.45, 7) is 2.34. The number of rotatable bonds is 5. The molecule has 4 rings (SSSR count). The van der Waals surface area contributed by atoms with E-state index in [-0.39, 0.29) is 0 Å². The van der Waals surface area contributed by atoms with Gasteiger partial charge in [0.05, 0.1) is 5.69 Å². The Labute approximate surface area is 173 Å². The van der Waals surface area contributed by atoms with E-state index in [1.807, 2.05) is 0 Å². The lowest BCUT2D eigenvalue weighted by Gasteiger charge is -2.28. The summed E-state index contributed by atoms with van der Waals surface area (Å²) in [6, 6.07) is 21.2. The van der Waals surface area contributed by atoms with Crippen molar-refractivity contribution in [2.75, 3.05) is 18.0 Å². The molecule has 0 saturated carbocycles. The van der Waals surface area contributed by atoms with E-state index in [0.29, 0.717) is 0 Å². The van der Waals surface area contributed by atoms with Gasteiger partial charge < -0.3 is 4.90 Å². The quantitative estimate of drug-likeness (QED) is 0.443. The van der Waals surface area contributed by atoms with Crippen LogP contribution in [-0.2, 0) is 5.75 Å². The maximum atomic E-state index is 4.43. The van der Waals surface area contributed by atoms with Crippen LogP contribution in [0.15, 0.2) is 70.2 Å². The van der Waals surface area contributed by atoms with Crippen LogP contribution >= 0.6 is 27.7 Å². The summed E-state index contributed by atoms with van der Waals surface area (Å²) >= 11 is 5.18. The van der Waals surface area contributed by atoms with Gasteiger partial charge in [-0.05, 0) is 61.2 Å². The Kier molecular flexibility index (Phi) is 6.10. The SMILES string of the molecule is Brc1ccc(CSc2ccc(-c3ccc(N4CCCCC4)cc3)nn2)cc1. The Morgan fingerprint density at radius 2 is 1.56 bits per heavy atom. The Morgan fingerprint density at radius 3 is 2.22 bits per heavy atom. The van der Waals surface area contributed by atoms with Crippen molar-refractivity contribution in [1.82, 2.24) is 10.2 Å². The molecule has 1 fully saturated rings. The second-order valence-electron chi connectivity index (χ2n) is 6.77. The van der Waals surface area contributed by atoms with Crippen LogP contribution in [0.2, 0.25) is 0 Å². The van der Waals surface area contributed by atoms with E-state index in [1.54, 1.807) is 11.8 Å². The van der Waals surface area contributed by atoms with Gasteiger partial charge in [-0.1, -0.05) is 52.0 Å². The van der Waals surface area contributed by atoms with Crippen LogP contribution in [0.1, 0.15) is 24.8 Å². The summed E-state index contributed by atoms with van der Waals surface area (Å²) < 4.78 is 1.10. The average molecular weight is 440 g/mol. The van der Waals surface area contributed by atoms with Crippen molar-refractivity contribution in [3.05, 3.63) is 70.7 Å². The van der Waals surface area contributed by atoms with E-state index >= 15 is 0 Å². The standard InChI is InChI=1S/C22H22BrN3S/c23-19-8-4-17(5-9-19)16-27-22-13-12-21(24-25-22)18-6-10-20(11-7-18)26-14-2-1-3-15-26/h4-13H,1-3,14-16H2. The second kappa shape index (κ2) is 8.89. The highest BCUT2D eigenvalue weighted by Crippen LogP contribution is 2.26. The van der Waals surface area contributed by atoms with Gasteiger partial charge >= 0.3 is 0 Å². The summed E-state index contributed by atoms with van der Waals surface area (Å²) in [5, 5.41) is 9.77. The number of aromatic nitrogens is 2. The van der Waals surface area contributed by atoms with E-state index in [1.165, 1.54) is 43.6 Å². The van der Waals surface area contributed by atoms with Crippen LogP contribution < -0.4 is 4.90 Å². The van der Waals surface area contributed by atoms with Crippen molar-refractivity contribution in [2.45, 2.75) is 30.0 Å². The van der Waals surface area contributed by atoms with Crippen LogP contribution in [0.5, 0.6) is 0 Å². The lowest BCUT2D eigenvalue weighted by Crippen LogP contribution is -2.29. The molecule has 0 unspecified atom stereocenters. The molecule has 2 aromatic carbocycles. The Hall–Kier alpha value is -1.85. The minimum atomic E-state index is 0.895. The van der Waals surface area contributed by atoms with E-state index < -0.39 is 0 Å². The number of nitrogens with zero attached hydrogens (tertiary/aromatic N) is 3. The Balaban J connectivity index is 1.38. The number of piperidine rings is 1. The fraction of sp³-hybridized carbons (Fsp3) is 0.273. The van der Waals surface area contributed by atoms with E-state index in [9.17, 15) is 0 Å². The smallest absolute Gasteiger partial charge is 0.119 e. The van der Waals surface area contributed by atoms with Crippen molar-refractivity contribution < 1.29 is 0 Å². The van der Waals surface area contributed by atoms with Gasteiger partial charge in [-0.25, -0.2) is 0 Å². The number of halogens is 1. The predicted octanol–water partition coefficient (Wildman–Crippen LogP) is 6.19. The lowest BCUT2D eigenvalue weighted by molar-refractivity contribution is 0.578. The van der Waals surface area contributed by atoms with Crippen LogP contribution in [0.25, 0.3) is 11.3 Å². The highest BCUT2D eigenvalue weighted by Gasteiger charge is 2.11. The van der Waals surface area contributed by atoms with Gasteiger partial charge in [0.15, 0.2) is 0 Å². The molecule has 138 valence electrons. The van der Waals surface area contributed by atoms with E-state index in [0.717, 1.165) is 26.5 Å². The zero-order valence-electron chi connectivity index (χ0n) is 15.1. The maximum absolute atomic E-state index is 4.43. The first-order valence-corrected chi connectivity index (χ1v) is 11.1. The molecular weight excluding hydrogens is 418 g/mol. The molecule has 0 atom stereocenters. The monoisotopic (exact) mass is 439 g/mol. The van der Waals surface area contributed by atoms with E-state index in [4.69, 9.17) is 0 Å². The third-order valence-corrected chi connectivity index (χ3v) is 6.34. The van der Waals surface area contributed by atoms with Crippen LogP contribution in [0, 0.1) is 0 Å². The third kappa shape index (κ3) is 4.90. The zero-order chi connectivity index (χ0) is 18.5. The van der Waals surface area contributed by atoms with Gasteiger partial charge in [-0.3, -0.25) is 0 Å². The lowest BCUT2D eigenvalue weighted by atomic mass is 10.1. The Morgan fingerprint density at radius 1 is 0.815 bits per heavy atom. The minimum absolute atomic E-state index is 0.895. The summed E-state index contributed by atoms with van der Waals surface area (Å²) in [7, 11) is 0. The normalized spacial score (nSPS) is 14.3. The molecule has 1 aromatic heterocycles. The van der Waals surface area contributed by atoms with Crippen LogP contribution in [0.4, 0.5) is 5.69 Å². The van der Waals surface area contributed by atoms with Crippen molar-refractivity contribution in [3.8, 4) is 11.3 Å². The van der Waals surface area contributed by atoms with Crippen molar-refractivity contribution in [2.24, 2.45) is 0 Å². The summed E-state index contributed by atoms with van der Waals surface area (Å²) in [5.41, 5.74) is 4.64. The molecular formula is C22H22BrN3S. The molecule has 0 N–H and O–H groups in total.